The van der Waals surface area contributed by atoms with E-state index in [1.54, 1.807) is 14.0 Å². The number of ketones is 1. The molecule has 0 spiro atoms. The van der Waals surface area contributed by atoms with Gasteiger partial charge in [0, 0.05) is 31.8 Å². The van der Waals surface area contributed by atoms with Crippen LogP contribution in [-0.2, 0) is 9.53 Å². The molecule has 0 saturated carbocycles. The molecule has 3 heteroatoms. The van der Waals surface area contributed by atoms with Gasteiger partial charge in [-0.05, 0) is 19.8 Å². The van der Waals surface area contributed by atoms with Crippen LogP contribution < -0.4 is 0 Å². The number of ether oxygens (including phenoxy) is 1. The van der Waals surface area contributed by atoms with Gasteiger partial charge in [-0.25, -0.2) is 0 Å². The Morgan fingerprint density at radius 3 is 2.50 bits per heavy atom. The first-order valence-electron chi connectivity index (χ1n) is 5.07. The number of nitrogens with zero attached hydrogens (tertiary/aromatic N) is 1. The van der Waals surface area contributed by atoms with E-state index in [0.29, 0.717) is 12.4 Å². The summed E-state index contributed by atoms with van der Waals surface area (Å²) < 4.78 is 5.02. The summed E-state index contributed by atoms with van der Waals surface area (Å²) in [5, 5.41) is 0. The summed E-state index contributed by atoms with van der Waals surface area (Å²) in [6, 6.07) is 0. The summed E-state index contributed by atoms with van der Waals surface area (Å²) >= 11 is 0. The van der Waals surface area contributed by atoms with Gasteiger partial charge in [-0.2, -0.15) is 0 Å². The zero-order valence-corrected chi connectivity index (χ0v) is 9.08. The molecule has 1 aliphatic heterocycles. The summed E-state index contributed by atoms with van der Waals surface area (Å²) in [4.78, 5) is 13.3. The summed E-state index contributed by atoms with van der Waals surface area (Å²) in [7, 11) is 1.67. The molecule has 0 aromatic carbocycles. The minimum Gasteiger partial charge on any atom is -0.379 e. The molecule has 0 radical (unpaired) electrons. The molecular weight excluding hydrogens is 178 g/mol. The number of hydrogen-bond acceptors (Lipinski definition) is 3. The van der Waals surface area contributed by atoms with Gasteiger partial charge in [-0.15, -0.1) is 0 Å². The third-order valence-corrected chi connectivity index (χ3v) is 2.83. The van der Waals surface area contributed by atoms with Crippen molar-refractivity contribution >= 4 is 5.78 Å². The van der Waals surface area contributed by atoms with Crippen LogP contribution in [0.1, 0.15) is 19.8 Å². The maximum absolute atomic E-state index is 11.1. The second-order valence-electron chi connectivity index (χ2n) is 3.87. The Balaban J connectivity index is 2.35. The van der Waals surface area contributed by atoms with E-state index in [-0.39, 0.29) is 5.92 Å². The normalized spacial score (nSPS) is 18.3. The molecule has 3 nitrogen and oxygen atoms in total. The summed E-state index contributed by atoms with van der Waals surface area (Å²) in [5.41, 5.74) is 1.02. The van der Waals surface area contributed by atoms with Crippen LogP contribution in [0.4, 0.5) is 0 Å². The highest BCUT2D eigenvalue weighted by molar-refractivity contribution is 5.78. The Kier molecular flexibility index (Phi) is 4.14. The lowest BCUT2D eigenvalue weighted by molar-refractivity contribution is -0.121. The third-order valence-electron chi connectivity index (χ3n) is 2.83. The van der Waals surface area contributed by atoms with Crippen LogP contribution >= 0.6 is 0 Å². The quantitative estimate of drug-likeness (QED) is 0.683. The molecule has 14 heavy (non-hydrogen) atoms. The minimum absolute atomic E-state index is 0.265. The van der Waals surface area contributed by atoms with E-state index >= 15 is 0 Å². The molecule has 1 fully saturated rings. The standard InChI is InChI=1S/C11H19NO2/c1-9(8-14-3)12-6-4-11(5-7-12)10(2)13/h11H,1,4-8H2,2-3H3. The summed E-state index contributed by atoms with van der Waals surface area (Å²) in [6.07, 6.45) is 1.91. The Hall–Kier alpha value is -0.830. The highest BCUT2D eigenvalue weighted by Gasteiger charge is 2.22. The molecule has 1 saturated heterocycles. The van der Waals surface area contributed by atoms with Crippen LogP contribution in [0.15, 0.2) is 12.3 Å². The van der Waals surface area contributed by atoms with Gasteiger partial charge in [0.05, 0.1) is 6.61 Å². The Morgan fingerprint density at radius 2 is 2.07 bits per heavy atom. The molecule has 0 aromatic rings. The lowest BCUT2D eigenvalue weighted by atomic mass is 9.93. The van der Waals surface area contributed by atoms with Crippen molar-refractivity contribution in [3.8, 4) is 0 Å². The number of carbonyl (C=O) groups excluding carboxylic acids is 1. The van der Waals surface area contributed by atoms with E-state index < -0.39 is 0 Å². The lowest BCUT2D eigenvalue weighted by Gasteiger charge is -2.33. The molecule has 0 amide bonds. The number of hydrogen-bond donors (Lipinski definition) is 0. The molecule has 1 rings (SSSR count). The van der Waals surface area contributed by atoms with Gasteiger partial charge in [-0.3, -0.25) is 4.79 Å². The van der Waals surface area contributed by atoms with Crippen molar-refractivity contribution in [2.45, 2.75) is 19.8 Å². The maximum atomic E-state index is 11.1. The third kappa shape index (κ3) is 2.84. The highest BCUT2D eigenvalue weighted by atomic mass is 16.5. The molecule has 0 bridgehead atoms. The van der Waals surface area contributed by atoms with Crippen molar-refractivity contribution in [3.05, 3.63) is 12.3 Å². The van der Waals surface area contributed by atoms with Crippen LogP contribution in [-0.4, -0.2) is 37.5 Å². The Labute approximate surface area is 85.7 Å². The van der Waals surface area contributed by atoms with E-state index in [1.165, 1.54) is 0 Å². The number of likely N-dealkylation sites (tertiary alicyclic amines) is 1. The predicted octanol–water partition coefficient (Wildman–Crippen LogP) is 1.45. The minimum atomic E-state index is 0.265. The van der Waals surface area contributed by atoms with Crippen molar-refractivity contribution in [1.82, 2.24) is 4.90 Å². The fourth-order valence-electron chi connectivity index (χ4n) is 1.86. The van der Waals surface area contributed by atoms with Crippen molar-refractivity contribution in [1.29, 1.82) is 0 Å². The van der Waals surface area contributed by atoms with Gasteiger partial charge < -0.3 is 9.64 Å². The molecule has 1 heterocycles. The van der Waals surface area contributed by atoms with E-state index in [1.807, 2.05) is 0 Å². The average molecular weight is 197 g/mol. The molecule has 1 aliphatic rings. The van der Waals surface area contributed by atoms with Crippen LogP contribution in [0.2, 0.25) is 0 Å². The Morgan fingerprint density at radius 1 is 1.50 bits per heavy atom. The smallest absolute Gasteiger partial charge is 0.133 e. The van der Waals surface area contributed by atoms with E-state index in [4.69, 9.17) is 4.74 Å². The first kappa shape index (κ1) is 11.2. The molecule has 0 atom stereocenters. The van der Waals surface area contributed by atoms with E-state index in [2.05, 4.69) is 11.5 Å². The first-order chi connectivity index (χ1) is 6.65. The molecule has 0 unspecified atom stereocenters. The van der Waals surface area contributed by atoms with E-state index in [0.717, 1.165) is 31.6 Å². The fourth-order valence-corrected chi connectivity index (χ4v) is 1.86. The fraction of sp³-hybridized carbons (Fsp3) is 0.727. The average Bonchev–Trinajstić information content (AvgIpc) is 2.18. The molecule has 0 aromatic heterocycles. The van der Waals surface area contributed by atoms with Crippen LogP contribution in [0.3, 0.4) is 0 Å². The molecule has 80 valence electrons. The van der Waals surface area contributed by atoms with Crippen molar-refractivity contribution in [2.24, 2.45) is 5.92 Å². The first-order valence-corrected chi connectivity index (χ1v) is 5.07. The van der Waals surface area contributed by atoms with Gasteiger partial charge in [-0.1, -0.05) is 6.58 Å². The SMILES string of the molecule is C=C(COC)N1CCC(C(C)=O)CC1. The van der Waals surface area contributed by atoms with Crippen LogP contribution in [0.5, 0.6) is 0 Å². The van der Waals surface area contributed by atoms with Gasteiger partial charge in [0.1, 0.15) is 5.78 Å². The van der Waals surface area contributed by atoms with Crippen molar-refractivity contribution in [2.75, 3.05) is 26.8 Å². The number of piperidine rings is 1. The van der Waals surface area contributed by atoms with Gasteiger partial charge in [0.15, 0.2) is 0 Å². The molecule has 0 N–H and O–H groups in total. The largest absolute Gasteiger partial charge is 0.379 e. The number of Topliss-reactive ketones (excluding diaryl/α,β-unsaturated/α-hetero) is 1. The van der Waals surface area contributed by atoms with Crippen LogP contribution in [0, 0.1) is 5.92 Å². The Bertz CT molecular complexity index is 217. The van der Waals surface area contributed by atoms with E-state index in [9.17, 15) is 4.79 Å². The lowest BCUT2D eigenvalue weighted by Crippen LogP contribution is -2.35. The molecule has 0 aliphatic carbocycles. The zero-order chi connectivity index (χ0) is 10.6. The summed E-state index contributed by atoms with van der Waals surface area (Å²) in [6.45, 7) is 8.10. The number of carbonyl (C=O) groups is 1. The topological polar surface area (TPSA) is 29.5 Å². The summed E-state index contributed by atoms with van der Waals surface area (Å²) in [5.74, 6) is 0.587. The highest BCUT2D eigenvalue weighted by Crippen LogP contribution is 2.20. The zero-order valence-electron chi connectivity index (χ0n) is 9.08. The number of rotatable bonds is 4. The molecular formula is C11H19NO2. The second kappa shape index (κ2) is 5.15. The predicted molar refractivity (Wildman–Crippen MR) is 56.0 cm³/mol. The van der Waals surface area contributed by atoms with Crippen LogP contribution in [0.25, 0.3) is 0 Å². The van der Waals surface area contributed by atoms with Gasteiger partial charge >= 0.3 is 0 Å². The van der Waals surface area contributed by atoms with Gasteiger partial charge in [0.25, 0.3) is 0 Å². The van der Waals surface area contributed by atoms with Crippen molar-refractivity contribution in [3.63, 3.8) is 0 Å². The van der Waals surface area contributed by atoms with Crippen molar-refractivity contribution < 1.29 is 9.53 Å². The second-order valence-corrected chi connectivity index (χ2v) is 3.87. The monoisotopic (exact) mass is 197 g/mol. The number of methoxy groups -OCH3 is 1. The van der Waals surface area contributed by atoms with Gasteiger partial charge in [0.2, 0.25) is 0 Å². The maximum Gasteiger partial charge on any atom is 0.133 e.